The van der Waals surface area contributed by atoms with Gasteiger partial charge in [-0.05, 0) is 26.7 Å². The van der Waals surface area contributed by atoms with E-state index in [0.29, 0.717) is 0 Å². The highest BCUT2D eigenvalue weighted by molar-refractivity contribution is 5.85. The van der Waals surface area contributed by atoms with Gasteiger partial charge in [-0.25, -0.2) is 9.78 Å². The van der Waals surface area contributed by atoms with Gasteiger partial charge in [-0.3, -0.25) is 0 Å². The van der Waals surface area contributed by atoms with E-state index in [9.17, 15) is 4.79 Å². The fraction of sp³-hybridized carbons (Fsp3) is 0.600. The van der Waals surface area contributed by atoms with Gasteiger partial charge < -0.3 is 15.0 Å². The van der Waals surface area contributed by atoms with Crippen LogP contribution < -0.4 is 5.32 Å². The minimum Gasteiger partial charge on any atom is -0.475 e. The maximum absolute atomic E-state index is 11.0. The molecule has 1 aromatic rings. The summed E-state index contributed by atoms with van der Waals surface area (Å²) in [6, 6.07) is 0.109. The quantitative estimate of drug-likeness (QED) is 0.775. The molecule has 0 amide bonds. The molecule has 0 aliphatic carbocycles. The lowest BCUT2D eigenvalue weighted by Crippen LogP contribution is -2.17. The van der Waals surface area contributed by atoms with Crippen LogP contribution in [0.15, 0.2) is 0 Å². The first-order chi connectivity index (χ1) is 7.11. The minimum atomic E-state index is -0.958. The van der Waals surface area contributed by atoms with Crippen LogP contribution in [0.4, 0.5) is 5.82 Å². The molecule has 2 N–H and O–H groups in total. The van der Waals surface area contributed by atoms with E-state index in [1.54, 1.807) is 4.57 Å². The molecule has 5 nitrogen and oxygen atoms in total. The Labute approximate surface area is 88.1 Å². The maximum atomic E-state index is 11.0. The van der Waals surface area contributed by atoms with Crippen LogP contribution in [0.2, 0.25) is 0 Å². The molecule has 15 heavy (non-hydrogen) atoms. The molecule has 2 rings (SSSR count). The zero-order chi connectivity index (χ0) is 11.0. The molecule has 0 spiro atoms. The molecule has 2 heterocycles. The second kappa shape index (κ2) is 3.56. The van der Waals surface area contributed by atoms with Crippen molar-refractivity contribution in [3.8, 4) is 0 Å². The van der Waals surface area contributed by atoms with Crippen molar-refractivity contribution < 1.29 is 9.90 Å². The fourth-order valence-corrected chi connectivity index (χ4v) is 1.96. The molecular weight excluding hydrogens is 194 g/mol. The van der Waals surface area contributed by atoms with Crippen molar-refractivity contribution in [1.82, 2.24) is 9.55 Å². The molecule has 0 unspecified atom stereocenters. The van der Waals surface area contributed by atoms with Crippen molar-refractivity contribution in [2.45, 2.75) is 32.7 Å². The number of carbonyl (C=O) groups is 1. The first-order valence-electron chi connectivity index (χ1n) is 5.19. The monoisotopic (exact) mass is 209 g/mol. The summed E-state index contributed by atoms with van der Waals surface area (Å²) in [5.41, 5.74) is 0.882. The molecule has 1 aromatic heterocycles. The molecule has 0 atom stereocenters. The Morgan fingerprint density at radius 3 is 2.93 bits per heavy atom. The minimum absolute atomic E-state index is 0.109. The molecule has 0 bridgehead atoms. The Morgan fingerprint density at radius 1 is 1.60 bits per heavy atom. The lowest BCUT2D eigenvalue weighted by molar-refractivity contribution is 0.0676. The first-order valence-corrected chi connectivity index (χ1v) is 5.19. The summed E-state index contributed by atoms with van der Waals surface area (Å²) in [4.78, 5) is 15.2. The Kier molecular flexibility index (Phi) is 2.38. The van der Waals surface area contributed by atoms with E-state index in [2.05, 4.69) is 10.3 Å². The molecule has 82 valence electrons. The molecule has 0 saturated carbocycles. The first kappa shape index (κ1) is 10.0. The van der Waals surface area contributed by atoms with Gasteiger partial charge in [0.05, 0.1) is 5.69 Å². The zero-order valence-electron chi connectivity index (χ0n) is 8.95. The summed E-state index contributed by atoms with van der Waals surface area (Å²) in [7, 11) is 0. The number of aromatic nitrogens is 2. The topological polar surface area (TPSA) is 67.2 Å². The van der Waals surface area contributed by atoms with Gasteiger partial charge in [-0.1, -0.05) is 0 Å². The second-order valence-corrected chi connectivity index (χ2v) is 4.03. The highest BCUT2D eigenvalue weighted by Crippen LogP contribution is 2.26. The highest BCUT2D eigenvalue weighted by atomic mass is 16.4. The number of aromatic carboxylic acids is 1. The van der Waals surface area contributed by atoms with Gasteiger partial charge in [0.1, 0.15) is 5.82 Å². The van der Waals surface area contributed by atoms with Crippen molar-refractivity contribution in [3.63, 3.8) is 0 Å². The summed E-state index contributed by atoms with van der Waals surface area (Å²) < 4.78 is 1.76. The van der Waals surface area contributed by atoms with E-state index in [0.717, 1.165) is 30.9 Å². The van der Waals surface area contributed by atoms with Gasteiger partial charge in [0.25, 0.3) is 0 Å². The van der Waals surface area contributed by atoms with Crippen LogP contribution in [0.1, 0.15) is 42.6 Å². The highest BCUT2D eigenvalue weighted by Gasteiger charge is 2.24. The van der Waals surface area contributed by atoms with E-state index in [1.807, 2.05) is 13.8 Å². The lowest BCUT2D eigenvalue weighted by atomic mass is 10.2. The third kappa shape index (κ3) is 1.58. The van der Waals surface area contributed by atoms with E-state index >= 15 is 0 Å². The molecule has 1 aliphatic rings. The van der Waals surface area contributed by atoms with Crippen molar-refractivity contribution in [2.75, 3.05) is 11.9 Å². The van der Waals surface area contributed by atoms with E-state index in [1.165, 1.54) is 0 Å². The van der Waals surface area contributed by atoms with Gasteiger partial charge in [-0.15, -0.1) is 0 Å². The number of rotatable bonds is 2. The van der Waals surface area contributed by atoms with Crippen molar-refractivity contribution in [1.29, 1.82) is 0 Å². The van der Waals surface area contributed by atoms with Crippen LogP contribution >= 0.6 is 0 Å². The number of hydrogen-bond acceptors (Lipinski definition) is 3. The molecular formula is C10H15N3O2. The largest absolute Gasteiger partial charge is 0.475 e. The Hall–Kier alpha value is -1.52. The van der Waals surface area contributed by atoms with Crippen LogP contribution in [0, 0.1) is 0 Å². The molecule has 1 aliphatic heterocycles. The number of nitrogens with zero attached hydrogens (tertiary/aromatic N) is 2. The van der Waals surface area contributed by atoms with Crippen LogP contribution in [0.3, 0.4) is 0 Å². The predicted molar refractivity (Wildman–Crippen MR) is 56.4 cm³/mol. The Balaban J connectivity index is 2.56. The molecule has 0 radical (unpaired) electrons. The van der Waals surface area contributed by atoms with Crippen molar-refractivity contribution >= 4 is 11.8 Å². The molecule has 0 saturated heterocycles. The molecule has 0 aromatic carbocycles. The lowest BCUT2D eigenvalue weighted by Gasteiger charge is -2.18. The maximum Gasteiger partial charge on any atom is 0.372 e. The van der Waals surface area contributed by atoms with Gasteiger partial charge in [0, 0.05) is 12.6 Å². The third-order valence-electron chi connectivity index (χ3n) is 2.57. The zero-order valence-corrected chi connectivity index (χ0v) is 8.95. The van der Waals surface area contributed by atoms with Gasteiger partial charge in [-0.2, -0.15) is 0 Å². The van der Waals surface area contributed by atoms with E-state index in [4.69, 9.17) is 5.11 Å². The molecule has 0 fully saturated rings. The van der Waals surface area contributed by atoms with Gasteiger partial charge in [0.2, 0.25) is 5.82 Å². The smallest absolute Gasteiger partial charge is 0.372 e. The van der Waals surface area contributed by atoms with Crippen LogP contribution in [-0.2, 0) is 6.42 Å². The van der Waals surface area contributed by atoms with Crippen molar-refractivity contribution in [3.05, 3.63) is 11.5 Å². The molecule has 5 heteroatoms. The van der Waals surface area contributed by atoms with Crippen LogP contribution in [0.5, 0.6) is 0 Å². The van der Waals surface area contributed by atoms with Crippen LogP contribution in [-0.4, -0.2) is 27.2 Å². The van der Waals surface area contributed by atoms with Gasteiger partial charge in [0.15, 0.2) is 0 Å². The number of imidazole rings is 1. The third-order valence-corrected chi connectivity index (χ3v) is 2.57. The summed E-state index contributed by atoms with van der Waals surface area (Å²) in [5.74, 6) is 0.0675. The number of hydrogen-bond donors (Lipinski definition) is 2. The van der Waals surface area contributed by atoms with E-state index < -0.39 is 5.97 Å². The average molecular weight is 209 g/mol. The number of anilines is 1. The van der Waals surface area contributed by atoms with Crippen LogP contribution in [0.25, 0.3) is 0 Å². The van der Waals surface area contributed by atoms with Crippen molar-refractivity contribution in [2.24, 2.45) is 0 Å². The summed E-state index contributed by atoms with van der Waals surface area (Å²) >= 11 is 0. The number of fused-ring (bicyclic) bond motifs is 1. The number of carboxylic acids is 1. The number of aryl methyl sites for hydroxylation is 1. The summed E-state index contributed by atoms with van der Waals surface area (Å²) in [6.45, 7) is 4.82. The van der Waals surface area contributed by atoms with Gasteiger partial charge >= 0.3 is 5.97 Å². The fourth-order valence-electron chi connectivity index (χ4n) is 1.96. The SMILES string of the molecule is CC(C)n1c(C(=O)O)nc2c1NCCC2. The Morgan fingerprint density at radius 2 is 2.33 bits per heavy atom. The number of nitrogens with one attached hydrogen (secondary N) is 1. The average Bonchev–Trinajstić information content (AvgIpc) is 2.56. The summed E-state index contributed by atoms with van der Waals surface area (Å²) in [5, 5.41) is 12.3. The van der Waals surface area contributed by atoms with E-state index in [-0.39, 0.29) is 11.9 Å². The predicted octanol–water partition coefficient (Wildman–Crippen LogP) is 1.52. The summed E-state index contributed by atoms with van der Waals surface area (Å²) in [6.07, 6.45) is 1.88. The number of carboxylic acid groups (broad SMARTS) is 1. The Bertz CT molecular complexity index is 396. The second-order valence-electron chi connectivity index (χ2n) is 4.03. The normalized spacial score (nSPS) is 14.9. The standard InChI is InChI=1S/C10H15N3O2/c1-6(2)13-8-7(4-3-5-11-8)12-9(13)10(14)15/h6,11H,3-5H2,1-2H3,(H,14,15).